The van der Waals surface area contributed by atoms with Crippen LogP contribution in [0.25, 0.3) is 0 Å². The van der Waals surface area contributed by atoms with Crippen LogP contribution in [-0.2, 0) is 29.1 Å². The van der Waals surface area contributed by atoms with Gasteiger partial charge in [0.25, 0.3) is 0 Å². The van der Waals surface area contributed by atoms with Gasteiger partial charge in [-0.05, 0) is 72.5 Å². The van der Waals surface area contributed by atoms with Crippen LogP contribution in [0.3, 0.4) is 0 Å². The van der Waals surface area contributed by atoms with Gasteiger partial charge < -0.3 is 14.9 Å². The number of nitrogens with zero attached hydrogens (tertiary/aromatic N) is 2. The number of thioether (sulfide) groups is 1. The second kappa shape index (κ2) is 17.4. The Labute approximate surface area is 268 Å². The van der Waals surface area contributed by atoms with Crippen LogP contribution in [0.1, 0.15) is 91.1 Å². The number of halogens is 1. The molecular weight excluding hydrogens is 596 g/mol. The molecule has 0 saturated carbocycles. The van der Waals surface area contributed by atoms with E-state index in [0.717, 1.165) is 54.5 Å². The van der Waals surface area contributed by atoms with E-state index in [4.69, 9.17) is 5.11 Å². The van der Waals surface area contributed by atoms with E-state index in [1.54, 1.807) is 52.3 Å². The standard InChI is InChI=1S/C35H43FN2O4S2/c1-2-3-4-5-6-12-33-38(21-8-7-10-26-13-17-28(18-14-26)35(41)42)34(40)31(44-33)23-32(39)37(25-30-11-9-22-43-30)24-27-15-19-29(36)20-16-27/h9,11,13-20,22,31,33H,2-8,10,12,21,23-25H2,1H3,(H,41,42). The zero-order valence-electron chi connectivity index (χ0n) is 25.5. The highest BCUT2D eigenvalue weighted by Gasteiger charge is 2.41. The van der Waals surface area contributed by atoms with Gasteiger partial charge in [-0.15, -0.1) is 23.1 Å². The Morgan fingerprint density at radius 3 is 2.32 bits per heavy atom. The monoisotopic (exact) mass is 638 g/mol. The highest BCUT2D eigenvalue weighted by molar-refractivity contribution is 8.01. The third-order valence-corrected chi connectivity index (χ3v) is 10.4. The molecule has 2 atom stereocenters. The summed E-state index contributed by atoms with van der Waals surface area (Å²) in [6.45, 7) is 3.67. The number of carboxylic acids is 1. The Kier molecular flexibility index (Phi) is 13.3. The third kappa shape index (κ3) is 10.2. The van der Waals surface area contributed by atoms with Crippen molar-refractivity contribution in [1.82, 2.24) is 9.80 Å². The van der Waals surface area contributed by atoms with E-state index in [0.29, 0.717) is 19.6 Å². The molecule has 1 aliphatic heterocycles. The van der Waals surface area contributed by atoms with E-state index in [9.17, 15) is 18.8 Å². The minimum absolute atomic E-state index is 0.0468. The van der Waals surface area contributed by atoms with Crippen LogP contribution in [0.5, 0.6) is 0 Å². The smallest absolute Gasteiger partial charge is 0.335 e. The molecule has 1 N–H and O–H groups in total. The van der Waals surface area contributed by atoms with Crippen molar-refractivity contribution in [2.45, 2.75) is 94.8 Å². The molecule has 0 bridgehead atoms. The van der Waals surface area contributed by atoms with Crippen molar-refractivity contribution in [2.24, 2.45) is 0 Å². The van der Waals surface area contributed by atoms with E-state index in [-0.39, 0.29) is 35.0 Å². The van der Waals surface area contributed by atoms with Crippen molar-refractivity contribution in [2.75, 3.05) is 6.54 Å². The maximum Gasteiger partial charge on any atom is 0.335 e. The van der Waals surface area contributed by atoms with Gasteiger partial charge in [0.15, 0.2) is 0 Å². The average molecular weight is 639 g/mol. The van der Waals surface area contributed by atoms with E-state index in [1.807, 2.05) is 34.5 Å². The van der Waals surface area contributed by atoms with Gasteiger partial charge in [-0.1, -0.05) is 69.4 Å². The minimum atomic E-state index is -0.930. The van der Waals surface area contributed by atoms with Crippen LogP contribution in [0, 0.1) is 5.82 Å². The summed E-state index contributed by atoms with van der Waals surface area (Å²) in [5.41, 5.74) is 2.22. The molecule has 1 aliphatic rings. The van der Waals surface area contributed by atoms with Gasteiger partial charge in [0, 0.05) is 24.4 Å². The first-order chi connectivity index (χ1) is 21.3. The van der Waals surface area contributed by atoms with Crippen molar-refractivity contribution in [3.8, 4) is 0 Å². The summed E-state index contributed by atoms with van der Waals surface area (Å²) in [6.07, 6.45) is 9.44. The number of hydrogen-bond acceptors (Lipinski definition) is 5. The van der Waals surface area contributed by atoms with Gasteiger partial charge >= 0.3 is 5.97 Å². The second-order valence-corrected chi connectivity index (χ2v) is 13.9. The predicted octanol–water partition coefficient (Wildman–Crippen LogP) is 8.16. The van der Waals surface area contributed by atoms with Gasteiger partial charge in [-0.3, -0.25) is 9.59 Å². The molecule has 0 radical (unpaired) electrons. The molecule has 9 heteroatoms. The van der Waals surface area contributed by atoms with Crippen molar-refractivity contribution in [1.29, 1.82) is 0 Å². The molecule has 2 heterocycles. The van der Waals surface area contributed by atoms with E-state index in [1.165, 1.54) is 31.4 Å². The van der Waals surface area contributed by atoms with E-state index in [2.05, 4.69) is 6.92 Å². The number of carbonyl (C=O) groups excluding carboxylic acids is 2. The molecule has 1 fully saturated rings. The summed E-state index contributed by atoms with van der Waals surface area (Å²) in [5, 5.41) is 10.8. The molecular formula is C35H43FN2O4S2. The molecule has 0 spiro atoms. The van der Waals surface area contributed by atoms with Crippen molar-refractivity contribution in [3.63, 3.8) is 0 Å². The third-order valence-electron chi connectivity index (χ3n) is 8.02. The number of benzene rings is 2. The lowest BCUT2D eigenvalue weighted by atomic mass is 10.1. The van der Waals surface area contributed by atoms with Crippen LogP contribution >= 0.6 is 23.1 Å². The summed E-state index contributed by atoms with van der Waals surface area (Å²) < 4.78 is 13.5. The number of aromatic carboxylic acids is 1. The summed E-state index contributed by atoms with van der Waals surface area (Å²) in [4.78, 5) is 43.4. The van der Waals surface area contributed by atoms with Crippen molar-refractivity contribution < 1.29 is 23.9 Å². The fraction of sp³-hybridized carbons (Fsp3) is 0.457. The predicted molar refractivity (Wildman–Crippen MR) is 176 cm³/mol. The molecule has 1 aromatic heterocycles. The molecule has 2 unspecified atom stereocenters. The van der Waals surface area contributed by atoms with Gasteiger partial charge in [0.2, 0.25) is 11.8 Å². The van der Waals surface area contributed by atoms with Crippen LogP contribution in [0.15, 0.2) is 66.0 Å². The van der Waals surface area contributed by atoms with Gasteiger partial charge in [-0.2, -0.15) is 0 Å². The largest absolute Gasteiger partial charge is 0.478 e. The zero-order chi connectivity index (χ0) is 31.3. The highest BCUT2D eigenvalue weighted by atomic mass is 32.2. The SMILES string of the molecule is CCCCCCCC1SC(CC(=O)N(Cc2ccc(F)cc2)Cc2cccs2)C(=O)N1CCCCc1ccc(C(=O)O)cc1. The lowest BCUT2D eigenvalue weighted by Crippen LogP contribution is -2.37. The van der Waals surface area contributed by atoms with Gasteiger partial charge in [-0.25, -0.2) is 9.18 Å². The first-order valence-electron chi connectivity index (χ1n) is 15.7. The zero-order valence-corrected chi connectivity index (χ0v) is 27.1. The van der Waals surface area contributed by atoms with E-state index >= 15 is 0 Å². The molecule has 3 aromatic rings. The fourth-order valence-electron chi connectivity index (χ4n) is 5.53. The number of amides is 2. The van der Waals surface area contributed by atoms with Gasteiger partial charge in [0.1, 0.15) is 5.82 Å². The number of carboxylic acid groups (broad SMARTS) is 1. The van der Waals surface area contributed by atoms with Crippen LogP contribution in [0.4, 0.5) is 4.39 Å². The Morgan fingerprint density at radius 2 is 1.64 bits per heavy atom. The normalized spacial score (nSPS) is 16.4. The van der Waals surface area contributed by atoms with Gasteiger partial charge in [0.05, 0.1) is 22.7 Å². The lowest BCUT2D eigenvalue weighted by molar-refractivity contribution is -0.136. The molecule has 6 nitrogen and oxygen atoms in total. The van der Waals surface area contributed by atoms with Crippen LogP contribution < -0.4 is 0 Å². The maximum absolute atomic E-state index is 13.7. The Bertz CT molecular complexity index is 1330. The molecule has 0 aliphatic carbocycles. The summed E-state index contributed by atoms with van der Waals surface area (Å²) in [6, 6.07) is 17.2. The Morgan fingerprint density at radius 1 is 0.909 bits per heavy atom. The minimum Gasteiger partial charge on any atom is -0.478 e. The first kappa shape index (κ1) is 33.7. The molecule has 4 rings (SSSR count). The molecule has 2 aromatic carbocycles. The van der Waals surface area contributed by atoms with E-state index < -0.39 is 11.2 Å². The lowest BCUT2D eigenvalue weighted by Gasteiger charge is -2.24. The van der Waals surface area contributed by atoms with Crippen molar-refractivity contribution >= 4 is 40.9 Å². The van der Waals surface area contributed by atoms with Crippen LogP contribution in [0.2, 0.25) is 0 Å². The molecule has 1 saturated heterocycles. The second-order valence-electron chi connectivity index (χ2n) is 11.4. The fourth-order valence-corrected chi connectivity index (χ4v) is 7.78. The highest BCUT2D eigenvalue weighted by Crippen LogP contribution is 2.37. The molecule has 44 heavy (non-hydrogen) atoms. The summed E-state index contributed by atoms with van der Waals surface area (Å²) in [7, 11) is 0. The average Bonchev–Trinajstić information content (AvgIpc) is 3.63. The number of hydrogen-bond donors (Lipinski definition) is 1. The first-order valence-corrected chi connectivity index (χ1v) is 17.5. The summed E-state index contributed by atoms with van der Waals surface area (Å²) in [5.74, 6) is -1.26. The summed E-state index contributed by atoms with van der Waals surface area (Å²) >= 11 is 3.23. The molecule has 2 amide bonds. The topological polar surface area (TPSA) is 77.9 Å². The number of unbranched alkanes of at least 4 members (excludes halogenated alkanes) is 5. The van der Waals surface area contributed by atoms with Crippen molar-refractivity contribution in [3.05, 3.63) is 93.4 Å². The maximum atomic E-state index is 13.7. The number of rotatable bonds is 18. The Balaban J connectivity index is 1.38. The quantitative estimate of drug-likeness (QED) is 0.142. The number of thiophene rings is 1. The van der Waals surface area contributed by atoms with Crippen LogP contribution in [-0.4, -0.2) is 49.9 Å². The number of carbonyl (C=O) groups is 3. The molecule has 236 valence electrons. The Hall–Kier alpha value is -3.17. The number of aryl methyl sites for hydroxylation is 1.